The van der Waals surface area contributed by atoms with E-state index in [2.05, 4.69) is 0 Å². The van der Waals surface area contributed by atoms with Crippen LogP contribution in [-0.2, 0) is 9.59 Å². The van der Waals surface area contributed by atoms with E-state index in [1.165, 1.54) is 23.3 Å². The van der Waals surface area contributed by atoms with Gasteiger partial charge in [-0.05, 0) is 48.4 Å². The van der Waals surface area contributed by atoms with E-state index in [-0.39, 0.29) is 5.57 Å². The van der Waals surface area contributed by atoms with Crippen molar-refractivity contribution in [3.63, 3.8) is 0 Å². The first kappa shape index (κ1) is 18.5. The monoisotopic (exact) mass is 367 g/mol. The van der Waals surface area contributed by atoms with Crippen LogP contribution in [0.1, 0.15) is 30.7 Å². The number of aliphatic hydroxyl groups excluding tert-OH is 1. The quantitative estimate of drug-likeness (QED) is 0.755. The molecule has 0 spiro atoms. The van der Waals surface area contributed by atoms with E-state index in [4.69, 9.17) is 9.15 Å². The molecule has 1 amide bonds. The zero-order valence-corrected chi connectivity index (χ0v) is 15.2. The number of hydrogen-bond donors (Lipinski definition) is 1. The van der Waals surface area contributed by atoms with Gasteiger partial charge in [0.2, 0.25) is 0 Å². The third kappa shape index (κ3) is 3.79. The second-order valence-electron chi connectivity index (χ2n) is 6.21. The van der Waals surface area contributed by atoms with Gasteiger partial charge in [-0.1, -0.05) is 19.1 Å². The summed E-state index contributed by atoms with van der Waals surface area (Å²) in [5.41, 5.74) is 0.765. The Labute approximate surface area is 157 Å². The lowest BCUT2D eigenvalue weighted by atomic mass is 9.96. The largest absolute Gasteiger partial charge is 0.503 e. The number of ketones is 1. The van der Waals surface area contributed by atoms with E-state index in [1.807, 2.05) is 6.92 Å². The van der Waals surface area contributed by atoms with Crippen molar-refractivity contribution in [2.24, 2.45) is 0 Å². The van der Waals surface area contributed by atoms with Gasteiger partial charge in [-0.15, -0.1) is 0 Å². The van der Waals surface area contributed by atoms with Crippen molar-refractivity contribution in [1.82, 2.24) is 4.90 Å². The molecule has 2 aromatic rings. The number of nitrogens with zero attached hydrogens (tertiary/aromatic N) is 1. The molecular weight excluding hydrogens is 346 g/mol. The molecular formula is C21H21NO5. The number of hydrogen-bond acceptors (Lipinski definition) is 5. The van der Waals surface area contributed by atoms with Gasteiger partial charge in [-0.2, -0.15) is 0 Å². The Morgan fingerprint density at radius 2 is 2.04 bits per heavy atom. The van der Waals surface area contributed by atoms with Crippen molar-refractivity contribution >= 4 is 17.8 Å². The molecule has 140 valence electrons. The molecule has 1 N–H and O–H groups in total. The van der Waals surface area contributed by atoms with E-state index in [9.17, 15) is 14.7 Å². The van der Waals surface area contributed by atoms with Crippen LogP contribution in [0.4, 0.5) is 0 Å². The zero-order valence-electron chi connectivity index (χ0n) is 15.2. The van der Waals surface area contributed by atoms with E-state index < -0.39 is 23.5 Å². The number of aliphatic hydroxyl groups is 1. The summed E-state index contributed by atoms with van der Waals surface area (Å²) in [4.78, 5) is 26.3. The normalized spacial score (nSPS) is 17.2. The fraction of sp³-hybridized carbons (Fsp3) is 0.238. The third-order valence-corrected chi connectivity index (χ3v) is 4.32. The molecule has 0 radical (unpaired) electrons. The Balaban J connectivity index is 1.88. The molecule has 3 rings (SSSR count). The summed E-state index contributed by atoms with van der Waals surface area (Å²) in [5.74, 6) is -0.330. The fourth-order valence-electron chi connectivity index (χ4n) is 2.96. The summed E-state index contributed by atoms with van der Waals surface area (Å²) in [5, 5.41) is 10.2. The Bertz CT molecular complexity index is 878. The Morgan fingerprint density at radius 1 is 1.30 bits per heavy atom. The van der Waals surface area contributed by atoms with Gasteiger partial charge in [-0.25, -0.2) is 0 Å². The average Bonchev–Trinajstić information content (AvgIpc) is 3.28. The number of rotatable bonds is 7. The first-order valence-electron chi connectivity index (χ1n) is 8.72. The molecule has 6 heteroatoms. The van der Waals surface area contributed by atoms with Crippen molar-refractivity contribution in [2.45, 2.75) is 19.4 Å². The third-order valence-electron chi connectivity index (χ3n) is 4.32. The standard InChI is InChI=1S/C21H21NO5/c1-3-12-26-16-8-6-14(7-9-16)19-18(20(24)21(25)22(19)2)17(23)11-10-15-5-4-13-27-15/h4-11,13,19,24H,3,12H2,1-2H3/b11-10+. The van der Waals surface area contributed by atoms with Gasteiger partial charge in [0.15, 0.2) is 11.5 Å². The number of likely N-dealkylation sites (N-methyl/N-ethyl adjacent to an activating group) is 1. The summed E-state index contributed by atoms with van der Waals surface area (Å²) in [6.07, 6.45) is 5.20. The zero-order chi connectivity index (χ0) is 19.4. The lowest BCUT2D eigenvalue weighted by Gasteiger charge is -2.22. The highest BCUT2D eigenvalue weighted by molar-refractivity contribution is 6.14. The van der Waals surface area contributed by atoms with Crippen LogP contribution in [0.3, 0.4) is 0 Å². The van der Waals surface area contributed by atoms with Crippen molar-refractivity contribution in [3.8, 4) is 5.75 Å². The van der Waals surface area contributed by atoms with Crippen LogP contribution in [0.2, 0.25) is 0 Å². The second-order valence-corrected chi connectivity index (χ2v) is 6.21. The molecule has 6 nitrogen and oxygen atoms in total. The van der Waals surface area contributed by atoms with Crippen molar-refractivity contribution < 1.29 is 23.8 Å². The van der Waals surface area contributed by atoms with Crippen LogP contribution in [0.5, 0.6) is 5.75 Å². The van der Waals surface area contributed by atoms with Crippen molar-refractivity contribution in [2.75, 3.05) is 13.7 Å². The van der Waals surface area contributed by atoms with Gasteiger partial charge in [-0.3, -0.25) is 9.59 Å². The molecule has 1 aliphatic heterocycles. The molecule has 1 unspecified atom stereocenters. The smallest absolute Gasteiger partial charge is 0.289 e. The lowest BCUT2D eigenvalue weighted by molar-refractivity contribution is -0.128. The van der Waals surface area contributed by atoms with Crippen LogP contribution in [0, 0.1) is 0 Å². The highest BCUT2D eigenvalue weighted by Crippen LogP contribution is 2.37. The molecule has 27 heavy (non-hydrogen) atoms. The van der Waals surface area contributed by atoms with E-state index in [0.29, 0.717) is 23.7 Å². The number of benzene rings is 1. The number of carbonyl (C=O) groups is 2. The summed E-state index contributed by atoms with van der Waals surface area (Å²) >= 11 is 0. The van der Waals surface area contributed by atoms with Crippen LogP contribution in [-0.4, -0.2) is 35.4 Å². The molecule has 0 bridgehead atoms. The Kier molecular flexibility index (Phi) is 5.45. The minimum Gasteiger partial charge on any atom is -0.503 e. The molecule has 1 aliphatic rings. The minimum absolute atomic E-state index is 0.0486. The molecule has 0 aliphatic carbocycles. The predicted octanol–water partition coefficient (Wildman–Crippen LogP) is 3.68. The first-order chi connectivity index (χ1) is 13.0. The Hall–Kier alpha value is -3.28. The van der Waals surface area contributed by atoms with E-state index in [1.54, 1.807) is 43.4 Å². The van der Waals surface area contributed by atoms with Crippen LogP contribution in [0.15, 0.2) is 64.5 Å². The van der Waals surface area contributed by atoms with Gasteiger partial charge < -0.3 is 19.2 Å². The molecule has 1 aromatic carbocycles. The fourth-order valence-corrected chi connectivity index (χ4v) is 2.96. The van der Waals surface area contributed by atoms with Gasteiger partial charge in [0, 0.05) is 7.05 Å². The van der Waals surface area contributed by atoms with Gasteiger partial charge in [0.1, 0.15) is 11.5 Å². The number of allylic oxidation sites excluding steroid dienone is 1. The molecule has 1 aromatic heterocycles. The number of amides is 1. The number of furan rings is 1. The molecule has 0 fully saturated rings. The highest BCUT2D eigenvalue weighted by Gasteiger charge is 2.40. The molecule has 1 atom stereocenters. The summed E-state index contributed by atoms with van der Waals surface area (Å²) in [7, 11) is 1.56. The van der Waals surface area contributed by atoms with Crippen molar-refractivity contribution in [3.05, 3.63) is 71.4 Å². The highest BCUT2D eigenvalue weighted by atomic mass is 16.5. The maximum atomic E-state index is 12.7. The van der Waals surface area contributed by atoms with Crippen molar-refractivity contribution in [1.29, 1.82) is 0 Å². The second kappa shape index (κ2) is 7.95. The molecule has 0 saturated carbocycles. The summed E-state index contributed by atoms with van der Waals surface area (Å²) < 4.78 is 10.7. The number of ether oxygens (including phenoxy) is 1. The molecule has 0 saturated heterocycles. The van der Waals surface area contributed by atoms with Crippen LogP contribution >= 0.6 is 0 Å². The minimum atomic E-state index is -0.661. The topological polar surface area (TPSA) is 80.0 Å². The SMILES string of the molecule is CCCOc1ccc(C2C(C(=O)/C=C/c3ccco3)=C(O)C(=O)N2C)cc1. The maximum absolute atomic E-state index is 12.7. The summed E-state index contributed by atoms with van der Waals surface area (Å²) in [6, 6.07) is 9.92. The average molecular weight is 367 g/mol. The van der Waals surface area contributed by atoms with Gasteiger partial charge in [0.05, 0.1) is 24.5 Å². The predicted molar refractivity (Wildman–Crippen MR) is 100 cm³/mol. The summed E-state index contributed by atoms with van der Waals surface area (Å²) in [6.45, 7) is 2.64. The van der Waals surface area contributed by atoms with Crippen LogP contribution in [0.25, 0.3) is 6.08 Å². The van der Waals surface area contributed by atoms with Gasteiger partial charge >= 0.3 is 0 Å². The lowest BCUT2D eigenvalue weighted by Crippen LogP contribution is -2.26. The number of carbonyl (C=O) groups excluding carboxylic acids is 2. The van der Waals surface area contributed by atoms with Crippen LogP contribution < -0.4 is 4.74 Å². The van der Waals surface area contributed by atoms with E-state index >= 15 is 0 Å². The first-order valence-corrected chi connectivity index (χ1v) is 8.72. The molecule has 2 heterocycles. The Morgan fingerprint density at radius 3 is 2.67 bits per heavy atom. The van der Waals surface area contributed by atoms with E-state index in [0.717, 1.165) is 6.42 Å². The van der Waals surface area contributed by atoms with Gasteiger partial charge in [0.25, 0.3) is 5.91 Å². The maximum Gasteiger partial charge on any atom is 0.289 e.